The van der Waals surface area contributed by atoms with Crippen molar-refractivity contribution in [1.29, 1.82) is 5.26 Å². The SMILES string of the molecule is Cc1nccn1Cc1cccc(CNc2cc(Cl)ccc2C#N)c1. The molecule has 120 valence electrons. The van der Waals surface area contributed by atoms with Crippen LogP contribution in [0.25, 0.3) is 0 Å². The number of rotatable bonds is 5. The minimum absolute atomic E-state index is 0.588. The lowest BCUT2D eigenvalue weighted by Gasteiger charge is -2.11. The average Bonchev–Trinajstić information content (AvgIpc) is 2.98. The molecule has 24 heavy (non-hydrogen) atoms. The van der Waals surface area contributed by atoms with Gasteiger partial charge in [0.25, 0.3) is 0 Å². The van der Waals surface area contributed by atoms with E-state index in [0.29, 0.717) is 17.1 Å². The number of nitrogens with zero attached hydrogens (tertiary/aromatic N) is 3. The predicted octanol–water partition coefficient (Wildman–Crippen LogP) is 4.38. The smallest absolute Gasteiger partial charge is 0.105 e. The Kier molecular flexibility index (Phi) is 4.83. The number of aryl methyl sites for hydroxylation is 1. The summed E-state index contributed by atoms with van der Waals surface area (Å²) in [6, 6.07) is 15.8. The Labute approximate surface area is 146 Å². The summed E-state index contributed by atoms with van der Waals surface area (Å²) in [4.78, 5) is 4.25. The first-order valence-corrected chi connectivity index (χ1v) is 8.02. The molecule has 0 saturated heterocycles. The highest BCUT2D eigenvalue weighted by atomic mass is 35.5. The molecule has 0 bridgehead atoms. The topological polar surface area (TPSA) is 53.6 Å². The van der Waals surface area contributed by atoms with Crippen molar-refractivity contribution in [2.24, 2.45) is 0 Å². The summed E-state index contributed by atoms with van der Waals surface area (Å²) in [5.74, 6) is 0.996. The molecule has 0 spiro atoms. The van der Waals surface area contributed by atoms with E-state index in [9.17, 15) is 5.26 Å². The molecule has 2 aromatic carbocycles. The first kappa shape index (κ1) is 16.1. The van der Waals surface area contributed by atoms with Crippen LogP contribution in [-0.4, -0.2) is 9.55 Å². The fourth-order valence-electron chi connectivity index (χ4n) is 2.56. The quantitative estimate of drug-likeness (QED) is 0.752. The first-order valence-electron chi connectivity index (χ1n) is 7.65. The van der Waals surface area contributed by atoms with Crippen molar-refractivity contribution in [1.82, 2.24) is 9.55 Å². The van der Waals surface area contributed by atoms with Crippen molar-refractivity contribution in [2.45, 2.75) is 20.0 Å². The summed E-state index contributed by atoms with van der Waals surface area (Å²) in [7, 11) is 0. The summed E-state index contributed by atoms with van der Waals surface area (Å²) in [6.45, 7) is 3.42. The van der Waals surface area contributed by atoms with Crippen LogP contribution in [0.2, 0.25) is 5.02 Å². The van der Waals surface area contributed by atoms with E-state index in [0.717, 1.165) is 23.6 Å². The van der Waals surface area contributed by atoms with Crippen LogP contribution in [0.3, 0.4) is 0 Å². The van der Waals surface area contributed by atoms with E-state index in [2.05, 4.69) is 39.1 Å². The molecule has 1 heterocycles. The lowest BCUT2D eigenvalue weighted by molar-refractivity contribution is 0.760. The summed E-state index contributed by atoms with van der Waals surface area (Å²) >= 11 is 6.02. The van der Waals surface area contributed by atoms with Crippen molar-refractivity contribution in [3.63, 3.8) is 0 Å². The number of hydrogen-bond donors (Lipinski definition) is 1. The molecule has 0 atom stereocenters. The molecule has 5 heteroatoms. The first-order chi connectivity index (χ1) is 11.7. The summed E-state index contributed by atoms with van der Waals surface area (Å²) in [6.07, 6.45) is 3.79. The van der Waals surface area contributed by atoms with Crippen LogP contribution in [-0.2, 0) is 13.1 Å². The Morgan fingerprint density at radius 2 is 2.04 bits per heavy atom. The summed E-state index contributed by atoms with van der Waals surface area (Å²) < 4.78 is 2.11. The molecule has 0 aliphatic carbocycles. The van der Waals surface area contributed by atoms with Crippen molar-refractivity contribution >= 4 is 17.3 Å². The molecule has 0 fully saturated rings. The second kappa shape index (κ2) is 7.20. The van der Waals surface area contributed by atoms with Gasteiger partial charge in [0, 0.05) is 30.5 Å². The Balaban J connectivity index is 1.73. The number of imidazole rings is 1. The lowest BCUT2D eigenvalue weighted by atomic mass is 10.1. The zero-order valence-electron chi connectivity index (χ0n) is 13.3. The van der Waals surface area contributed by atoms with Gasteiger partial charge in [-0.3, -0.25) is 0 Å². The van der Waals surface area contributed by atoms with E-state index in [1.54, 1.807) is 18.2 Å². The van der Waals surface area contributed by atoms with Crippen molar-refractivity contribution in [3.05, 3.63) is 82.4 Å². The van der Waals surface area contributed by atoms with Gasteiger partial charge in [0.2, 0.25) is 0 Å². The van der Waals surface area contributed by atoms with Gasteiger partial charge in [0.05, 0.1) is 11.3 Å². The molecule has 3 aromatic rings. The van der Waals surface area contributed by atoms with E-state index in [1.165, 1.54) is 5.56 Å². The van der Waals surface area contributed by atoms with Gasteiger partial charge in [0.1, 0.15) is 11.9 Å². The lowest BCUT2D eigenvalue weighted by Crippen LogP contribution is -2.04. The molecule has 1 N–H and O–H groups in total. The monoisotopic (exact) mass is 336 g/mol. The highest BCUT2D eigenvalue weighted by Crippen LogP contribution is 2.21. The number of hydrogen-bond acceptors (Lipinski definition) is 3. The average molecular weight is 337 g/mol. The molecule has 3 rings (SSSR count). The molecule has 0 unspecified atom stereocenters. The highest BCUT2D eigenvalue weighted by Gasteiger charge is 2.04. The van der Waals surface area contributed by atoms with Crippen LogP contribution < -0.4 is 5.32 Å². The second-order valence-electron chi connectivity index (χ2n) is 5.58. The van der Waals surface area contributed by atoms with Crippen LogP contribution in [0.1, 0.15) is 22.5 Å². The van der Waals surface area contributed by atoms with E-state index in [1.807, 2.05) is 25.4 Å². The maximum atomic E-state index is 9.18. The van der Waals surface area contributed by atoms with Crippen LogP contribution in [0.5, 0.6) is 0 Å². The number of nitrogens with one attached hydrogen (secondary N) is 1. The second-order valence-corrected chi connectivity index (χ2v) is 6.01. The molecule has 0 radical (unpaired) electrons. The van der Waals surface area contributed by atoms with Gasteiger partial charge in [-0.15, -0.1) is 0 Å². The largest absolute Gasteiger partial charge is 0.380 e. The third-order valence-corrected chi connectivity index (χ3v) is 4.09. The van der Waals surface area contributed by atoms with Crippen molar-refractivity contribution in [3.8, 4) is 6.07 Å². The molecular formula is C19H17ClN4. The van der Waals surface area contributed by atoms with Gasteiger partial charge in [-0.1, -0.05) is 35.9 Å². The van der Waals surface area contributed by atoms with Crippen LogP contribution in [0.4, 0.5) is 5.69 Å². The number of benzene rings is 2. The zero-order valence-corrected chi connectivity index (χ0v) is 14.1. The van der Waals surface area contributed by atoms with Gasteiger partial charge in [-0.2, -0.15) is 5.26 Å². The maximum Gasteiger partial charge on any atom is 0.105 e. The molecule has 1 aromatic heterocycles. The fraction of sp³-hybridized carbons (Fsp3) is 0.158. The fourth-order valence-corrected chi connectivity index (χ4v) is 2.74. The zero-order chi connectivity index (χ0) is 16.9. The molecule has 4 nitrogen and oxygen atoms in total. The van der Waals surface area contributed by atoms with Gasteiger partial charge in [-0.05, 0) is 36.2 Å². The summed E-state index contributed by atoms with van der Waals surface area (Å²) in [5.41, 5.74) is 3.70. The van der Waals surface area contributed by atoms with Gasteiger partial charge in [-0.25, -0.2) is 4.98 Å². The number of nitriles is 1. The number of anilines is 1. The molecule has 0 saturated carbocycles. The number of halogens is 1. The van der Waals surface area contributed by atoms with Crippen LogP contribution in [0.15, 0.2) is 54.9 Å². The van der Waals surface area contributed by atoms with Crippen LogP contribution in [0, 0.1) is 18.3 Å². The predicted molar refractivity (Wildman–Crippen MR) is 96.0 cm³/mol. The van der Waals surface area contributed by atoms with Gasteiger partial charge in [0.15, 0.2) is 0 Å². The normalized spacial score (nSPS) is 10.4. The van der Waals surface area contributed by atoms with E-state index < -0.39 is 0 Å². The molecule has 0 amide bonds. The third kappa shape index (κ3) is 3.76. The molecular weight excluding hydrogens is 320 g/mol. The molecule has 0 aliphatic rings. The van der Waals surface area contributed by atoms with Crippen molar-refractivity contribution in [2.75, 3.05) is 5.32 Å². The minimum atomic E-state index is 0.588. The third-order valence-electron chi connectivity index (χ3n) is 3.85. The maximum absolute atomic E-state index is 9.18. The van der Waals surface area contributed by atoms with E-state index in [-0.39, 0.29) is 0 Å². The highest BCUT2D eigenvalue weighted by molar-refractivity contribution is 6.30. The van der Waals surface area contributed by atoms with E-state index >= 15 is 0 Å². The number of aromatic nitrogens is 2. The minimum Gasteiger partial charge on any atom is -0.380 e. The van der Waals surface area contributed by atoms with Gasteiger partial charge < -0.3 is 9.88 Å². The van der Waals surface area contributed by atoms with Crippen LogP contribution >= 0.6 is 11.6 Å². The standard InChI is InChI=1S/C19H17ClN4/c1-14-22-7-8-24(14)13-16-4-2-3-15(9-16)12-23-19-10-18(20)6-5-17(19)11-21/h2-10,23H,12-13H2,1H3. The molecule has 0 aliphatic heterocycles. The van der Waals surface area contributed by atoms with E-state index in [4.69, 9.17) is 11.6 Å². The van der Waals surface area contributed by atoms with Crippen molar-refractivity contribution < 1.29 is 0 Å². The Morgan fingerprint density at radius 1 is 1.21 bits per heavy atom. The Morgan fingerprint density at radius 3 is 2.79 bits per heavy atom. The summed E-state index contributed by atoms with van der Waals surface area (Å²) in [5, 5.41) is 13.1. The van der Waals surface area contributed by atoms with Gasteiger partial charge >= 0.3 is 0 Å². The Bertz CT molecular complexity index is 892. The Hall–Kier alpha value is -2.77.